The van der Waals surface area contributed by atoms with Crippen molar-refractivity contribution in [3.63, 3.8) is 0 Å². The monoisotopic (exact) mass is 311 g/mol. The minimum absolute atomic E-state index is 0.327. The summed E-state index contributed by atoms with van der Waals surface area (Å²) in [5, 5.41) is 9.20. The Bertz CT molecular complexity index is 705. The molecular weight excluding hydrogens is 293 g/mol. The van der Waals surface area contributed by atoms with E-state index in [4.69, 9.17) is 0 Å². The summed E-state index contributed by atoms with van der Waals surface area (Å²) in [6, 6.07) is 8.97. The number of hydrogen-bond acceptors (Lipinski definition) is 5. The van der Waals surface area contributed by atoms with Gasteiger partial charge < -0.3 is 9.80 Å². The predicted molar refractivity (Wildman–Crippen MR) is 86.8 cm³/mol. The highest BCUT2D eigenvalue weighted by molar-refractivity contribution is 5.60. The lowest BCUT2D eigenvalue weighted by Crippen LogP contribution is -2.44. The molecule has 1 fully saturated rings. The second-order valence-corrected chi connectivity index (χ2v) is 5.64. The zero-order valence-corrected chi connectivity index (χ0v) is 13.0. The van der Waals surface area contributed by atoms with Crippen LogP contribution in [0.5, 0.6) is 0 Å². The van der Waals surface area contributed by atoms with Crippen molar-refractivity contribution in [3.05, 3.63) is 48.2 Å². The van der Waals surface area contributed by atoms with Gasteiger partial charge in [-0.2, -0.15) is 5.26 Å². The Morgan fingerprint density at radius 1 is 1.30 bits per heavy atom. The van der Waals surface area contributed by atoms with Gasteiger partial charge >= 0.3 is 0 Å². The van der Waals surface area contributed by atoms with Crippen molar-refractivity contribution < 1.29 is 4.39 Å². The number of hydrogen-bond donors (Lipinski definition) is 0. The first-order valence-electron chi connectivity index (χ1n) is 7.63. The summed E-state index contributed by atoms with van der Waals surface area (Å²) in [5.41, 5.74) is 0.825. The van der Waals surface area contributed by atoms with E-state index < -0.39 is 0 Å². The van der Waals surface area contributed by atoms with Crippen LogP contribution in [0.2, 0.25) is 0 Å². The van der Waals surface area contributed by atoms with Crippen molar-refractivity contribution in [3.8, 4) is 6.07 Å². The molecule has 0 unspecified atom stereocenters. The number of nitriles is 1. The highest BCUT2D eigenvalue weighted by Crippen LogP contribution is 2.28. The number of rotatable bonds is 3. The Morgan fingerprint density at radius 2 is 2.09 bits per heavy atom. The zero-order valence-electron chi connectivity index (χ0n) is 13.0. The van der Waals surface area contributed by atoms with E-state index in [-0.39, 0.29) is 5.82 Å². The standard InChI is InChI=1S/C17H18FN5/c1-22(16-5-8-20-12-21-16)14-6-9-23(10-7-14)17-13(11-19)3-2-4-15(17)18/h2-5,8,12,14H,6-7,9-10H2,1H3. The van der Waals surface area contributed by atoms with E-state index in [1.54, 1.807) is 24.7 Å². The van der Waals surface area contributed by atoms with Crippen molar-refractivity contribution in [1.82, 2.24) is 9.97 Å². The SMILES string of the molecule is CN(c1ccncn1)C1CCN(c2c(F)cccc2C#N)CC1. The maximum absolute atomic E-state index is 14.1. The molecule has 1 aliphatic rings. The minimum atomic E-state index is -0.327. The molecule has 118 valence electrons. The smallest absolute Gasteiger partial charge is 0.147 e. The largest absolute Gasteiger partial charge is 0.368 e. The quantitative estimate of drug-likeness (QED) is 0.872. The van der Waals surface area contributed by atoms with Crippen molar-refractivity contribution in [1.29, 1.82) is 5.26 Å². The number of benzene rings is 1. The minimum Gasteiger partial charge on any atom is -0.368 e. The van der Waals surface area contributed by atoms with Gasteiger partial charge in [0.1, 0.15) is 24.0 Å². The normalized spacial score (nSPS) is 15.3. The third-order valence-corrected chi connectivity index (χ3v) is 4.36. The van der Waals surface area contributed by atoms with Crippen LogP contribution in [-0.4, -0.2) is 36.1 Å². The van der Waals surface area contributed by atoms with Gasteiger partial charge in [0, 0.05) is 32.4 Å². The van der Waals surface area contributed by atoms with Crippen LogP contribution in [0.25, 0.3) is 0 Å². The molecule has 0 N–H and O–H groups in total. The van der Waals surface area contributed by atoms with Gasteiger partial charge in [-0.25, -0.2) is 14.4 Å². The lowest BCUT2D eigenvalue weighted by molar-refractivity contribution is 0.474. The lowest BCUT2D eigenvalue weighted by atomic mass is 10.0. The van der Waals surface area contributed by atoms with Gasteiger partial charge in [0.05, 0.1) is 11.3 Å². The second kappa shape index (κ2) is 6.61. The molecule has 0 amide bonds. The fourth-order valence-electron chi connectivity index (χ4n) is 3.08. The number of nitrogens with zero attached hydrogens (tertiary/aromatic N) is 5. The summed E-state index contributed by atoms with van der Waals surface area (Å²) >= 11 is 0. The van der Waals surface area contributed by atoms with E-state index in [2.05, 4.69) is 20.9 Å². The molecule has 5 nitrogen and oxygen atoms in total. The van der Waals surface area contributed by atoms with Gasteiger partial charge in [0.2, 0.25) is 0 Å². The summed E-state index contributed by atoms with van der Waals surface area (Å²) in [5.74, 6) is 0.564. The lowest BCUT2D eigenvalue weighted by Gasteiger charge is -2.38. The van der Waals surface area contributed by atoms with Gasteiger partial charge in [-0.1, -0.05) is 6.07 Å². The maximum Gasteiger partial charge on any atom is 0.147 e. The average Bonchev–Trinajstić information content (AvgIpc) is 2.62. The molecule has 1 saturated heterocycles. The topological polar surface area (TPSA) is 56.1 Å². The highest BCUT2D eigenvalue weighted by Gasteiger charge is 2.26. The first kappa shape index (κ1) is 15.2. The molecule has 3 rings (SSSR count). The molecular formula is C17H18FN5. The van der Waals surface area contributed by atoms with Crippen molar-refractivity contribution >= 4 is 11.5 Å². The summed E-state index contributed by atoms with van der Waals surface area (Å²) in [6.45, 7) is 1.44. The Balaban J connectivity index is 1.71. The summed E-state index contributed by atoms with van der Waals surface area (Å²) in [4.78, 5) is 12.3. The molecule has 0 saturated carbocycles. The van der Waals surface area contributed by atoms with E-state index in [1.807, 2.05) is 18.0 Å². The van der Waals surface area contributed by atoms with Gasteiger partial charge in [-0.05, 0) is 31.0 Å². The van der Waals surface area contributed by atoms with Crippen molar-refractivity contribution in [2.45, 2.75) is 18.9 Å². The molecule has 0 radical (unpaired) electrons. The second-order valence-electron chi connectivity index (χ2n) is 5.64. The van der Waals surface area contributed by atoms with E-state index in [9.17, 15) is 9.65 Å². The number of halogens is 1. The molecule has 0 bridgehead atoms. The summed E-state index contributed by atoms with van der Waals surface area (Å²) in [7, 11) is 2.02. The summed E-state index contributed by atoms with van der Waals surface area (Å²) < 4.78 is 14.1. The van der Waals surface area contributed by atoms with E-state index >= 15 is 0 Å². The van der Waals surface area contributed by atoms with Crippen LogP contribution < -0.4 is 9.80 Å². The van der Waals surface area contributed by atoms with Crippen molar-refractivity contribution in [2.75, 3.05) is 29.9 Å². The zero-order chi connectivity index (χ0) is 16.2. The van der Waals surface area contributed by atoms with E-state index in [1.165, 1.54) is 6.07 Å². The Hall–Kier alpha value is -2.68. The third kappa shape index (κ3) is 3.09. The molecule has 1 aromatic heterocycles. The van der Waals surface area contributed by atoms with Gasteiger partial charge in [0.25, 0.3) is 0 Å². The van der Waals surface area contributed by atoms with Crippen LogP contribution in [0, 0.1) is 17.1 Å². The number of para-hydroxylation sites is 1. The molecule has 1 aliphatic heterocycles. The van der Waals surface area contributed by atoms with Crippen LogP contribution in [0.1, 0.15) is 18.4 Å². The molecule has 6 heteroatoms. The Kier molecular flexibility index (Phi) is 4.38. The van der Waals surface area contributed by atoms with Crippen LogP contribution in [0.15, 0.2) is 36.8 Å². The van der Waals surface area contributed by atoms with Crippen LogP contribution >= 0.6 is 0 Å². The summed E-state index contributed by atoms with van der Waals surface area (Å²) in [6.07, 6.45) is 5.05. The Labute approximate surface area is 135 Å². The van der Waals surface area contributed by atoms with E-state index in [0.717, 1.165) is 31.7 Å². The van der Waals surface area contributed by atoms with Gasteiger partial charge in [0.15, 0.2) is 0 Å². The first-order chi connectivity index (χ1) is 11.2. The molecule has 2 aromatic rings. The highest BCUT2D eigenvalue weighted by atomic mass is 19.1. The predicted octanol–water partition coefficient (Wildman–Crippen LogP) is 2.59. The molecule has 0 aliphatic carbocycles. The molecule has 1 aromatic carbocycles. The molecule has 2 heterocycles. The van der Waals surface area contributed by atoms with Crippen LogP contribution in [0.3, 0.4) is 0 Å². The molecule has 0 spiro atoms. The Morgan fingerprint density at radius 3 is 2.74 bits per heavy atom. The average molecular weight is 311 g/mol. The number of anilines is 2. The first-order valence-corrected chi connectivity index (χ1v) is 7.63. The molecule has 23 heavy (non-hydrogen) atoms. The fraction of sp³-hybridized carbons (Fsp3) is 0.353. The van der Waals surface area contributed by atoms with Gasteiger partial charge in [-0.3, -0.25) is 0 Å². The van der Waals surface area contributed by atoms with Gasteiger partial charge in [-0.15, -0.1) is 0 Å². The fourth-order valence-corrected chi connectivity index (χ4v) is 3.08. The number of piperidine rings is 1. The van der Waals surface area contributed by atoms with Crippen LogP contribution in [0.4, 0.5) is 15.9 Å². The van der Waals surface area contributed by atoms with E-state index in [0.29, 0.717) is 17.3 Å². The molecule has 0 atom stereocenters. The van der Waals surface area contributed by atoms with Crippen LogP contribution in [-0.2, 0) is 0 Å². The van der Waals surface area contributed by atoms with Crippen molar-refractivity contribution in [2.24, 2.45) is 0 Å². The maximum atomic E-state index is 14.1. The number of aromatic nitrogens is 2. The third-order valence-electron chi connectivity index (χ3n) is 4.36.